The van der Waals surface area contributed by atoms with Gasteiger partial charge in [0.05, 0.1) is 31.0 Å². The fraction of sp³-hybridized carbons (Fsp3) is 0.111. The first kappa shape index (κ1) is 15.6. The zero-order valence-corrected chi connectivity index (χ0v) is 13.4. The van der Waals surface area contributed by atoms with Gasteiger partial charge in [0.2, 0.25) is 0 Å². The quantitative estimate of drug-likeness (QED) is 0.753. The van der Waals surface area contributed by atoms with Gasteiger partial charge in [-0.3, -0.25) is 9.78 Å². The van der Waals surface area contributed by atoms with Crippen LogP contribution in [-0.2, 0) is 0 Å². The lowest BCUT2D eigenvalue weighted by atomic mass is 10.1. The van der Waals surface area contributed by atoms with E-state index in [1.54, 1.807) is 26.4 Å². The van der Waals surface area contributed by atoms with Crippen LogP contribution in [-0.4, -0.2) is 25.1 Å². The standard InChI is InChI=1S/C18H17N3O3/c1-23-15-8-12-14(9-16(15)24-2)20-10-13(18(19)22)17(12)21-11-6-4-3-5-7-11/h3-10H,1-2H3,(H2,19,22)(H,20,21). The Morgan fingerprint density at radius 3 is 2.38 bits per heavy atom. The number of ether oxygens (including phenoxy) is 2. The van der Waals surface area contributed by atoms with Gasteiger partial charge in [-0.25, -0.2) is 0 Å². The summed E-state index contributed by atoms with van der Waals surface area (Å²) in [6.45, 7) is 0. The minimum atomic E-state index is -0.558. The monoisotopic (exact) mass is 323 g/mol. The van der Waals surface area contributed by atoms with E-state index in [0.29, 0.717) is 33.7 Å². The highest BCUT2D eigenvalue weighted by Crippen LogP contribution is 2.36. The summed E-state index contributed by atoms with van der Waals surface area (Å²) in [5, 5.41) is 3.96. The summed E-state index contributed by atoms with van der Waals surface area (Å²) < 4.78 is 10.7. The number of pyridine rings is 1. The van der Waals surface area contributed by atoms with E-state index >= 15 is 0 Å². The molecule has 122 valence electrons. The van der Waals surface area contributed by atoms with Crippen LogP contribution in [0.3, 0.4) is 0 Å². The van der Waals surface area contributed by atoms with Gasteiger partial charge in [0, 0.05) is 23.3 Å². The molecule has 0 fully saturated rings. The predicted molar refractivity (Wildman–Crippen MR) is 93.1 cm³/mol. The fourth-order valence-electron chi connectivity index (χ4n) is 2.51. The third kappa shape index (κ3) is 2.81. The Labute approximate surface area is 139 Å². The summed E-state index contributed by atoms with van der Waals surface area (Å²) in [5.41, 5.74) is 7.90. The zero-order chi connectivity index (χ0) is 17.1. The van der Waals surface area contributed by atoms with Crippen molar-refractivity contribution in [3.63, 3.8) is 0 Å². The number of hydrogen-bond acceptors (Lipinski definition) is 5. The Morgan fingerprint density at radius 2 is 1.75 bits per heavy atom. The molecule has 0 unspecified atom stereocenters. The molecule has 3 aromatic rings. The van der Waals surface area contributed by atoms with Crippen LogP contribution in [0.4, 0.5) is 11.4 Å². The molecule has 0 saturated carbocycles. The third-order valence-corrected chi connectivity index (χ3v) is 3.68. The number of rotatable bonds is 5. The van der Waals surface area contributed by atoms with E-state index in [4.69, 9.17) is 15.2 Å². The van der Waals surface area contributed by atoms with Gasteiger partial charge in [-0.2, -0.15) is 0 Å². The molecule has 0 aliphatic rings. The molecule has 3 N–H and O–H groups in total. The maximum absolute atomic E-state index is 11.8. The molecule has 3 rings (SSSR count). The lowest BCUT2D eigenvalue weighted by molar-refractivity contribution is 0.100. The zero-order valence-electron chi connectivity index (χ0n) is 13.4. The summed E-state index contributed by atoms with van der Waals surface area (Å²) in [4.78, 5) is 16.1. The Kier molecular flexibility index (Phi) is 4.20. The Hall–Kier alpha value is -3.28. The van der Waals surface area contributed by atoms with Crippen LogP contribution < -0.4 is 20.5 Å². The van der Waals surface area contributed by atoms with Gasteiger partial charge in [-0.15, -0.1) is 0 Å². The molecule has 0 radical (unpaired) electrons. The average molecular weight is 323 g/mol. The lowest BCUT2D eigenvalue weighted by Crippen LogP contribution is -2.14. The number of methoxy groups -OCH3 is 2. The van der Waals surface area contributed by atoms with Crippen LogP contribution in [0.25, 0.3) is 10.9 Å². The van der Waals surface area contributed by atoms with Crippen molar-refractivity contribution < 1.29 is 14.3 Å². The number of carbonyl (C=O) groups is 1. The Balaban J connectivity index is 2.25. The second-order valence-corrected chi connectivity index (χ2v) is 5.13. The number of primary amides is 1. The molecule has 0 bridgehead atoms. The van der Waals surface area contributed by atoms with Crippen LogP contribution in [0.15, 0.2) is 48.7 Å². The summed E-state index contributed by atoms with van der Waals surface area (Å²) in [6, 6.07) is 13.1. The molecule has 0 spiro atoms. The molecule has 24 heavy (non-hydrogen) atoms. The van der Waals surface area contributed by atoms with E-state index in [2.05, 4.69) is 10.3 Å². The molecule has 0 aliphatic heterocycles. The van der Waals surface area contributed by atoms with E-state index in [1.807, 2.05) is 30.3 Å². The van der Waals surface area contributed by atoms with Gasteiger partial charge in [-0.1, -0.05) is 18.2 Å². The average Bonchev–Trinajstić information content (AvgIpc) is 2.61. The number of nitrogens with two attached hydrogens (primary N) is 1. The minimum absolute atomic E-state index is 0.304. The largest absolute Gasteiger partial charge is 0.493 e. The van der Waals surface area contributed by atoms with Crippen molar-refractivity contribution in [1.29, 1.82) is 0 Å². The summed E-state index contributed by atoms with van der Waals surface area (Å²) in [6.07, 6.45) is 1.46. The Morgan fingerprint density at radius 1 is 1.08 bits per heavy atom. The highest BCUT2D eigenvalue weighted by Gasteiger charge is 2.16. The first-order valence-electron chi connectivity index (χ1n) is 7.30. The van der Waals surface area contributed by atoms with E-state index < -0.39 is 5.91 Å². The molecule has 6 nitrogen and oxygen atoms in total. The first-order chi connectivity index (χ1) is 11.6. The van der Waals surface area contributed by atoms with Crippen LogP contribution >= 0.6 is 0 Å². The van der Waals surface area contributed by atoms with Crippen LogP contribution in [0.5, 0.6) is 11.5 Å². The maximum atomic E-state index is 11.8. The van der Waals surface area contributed by atoms with Gasteiger partial charge < -0.3 is 20.5 Å². The van der Waals surface area contributed by atoms with Crippen molar-refractivity contribution in [2.24, 2.45) is 5.73 Å². The van der Waals surface area contributed by atoms with Crippen molar-refractivity contribution in [2.75, 3.05) is 19.5 Å². The number of fused-ring (bicyclic) bond motifs is 1. The molecule has 1 heterocycles. The summed E-state index contributed by atoms with van der Waals surface area (Å²) in [5.74, 6) is 0.553. The van der Waals surface area contributed by atoms with Crippen molar-refractivity contribution in [3.8, 4) is 11.5 Å². The number of hydrogen-bond donors (Lipinski definition) is 2. The molecule has 1 aromatic heterocycles. The number of amides is 1. The molecule has 6 heteroatoms. The molecule has 0 saturated heterocycles. The molecular weight excluding hydrogens is 306 g/mol. The van der Waals surface area contributed by atoms with Crippen LogP contribution in [0, 0.1) is 0 Å². The molecule has 1 amide bonds. The molecular formula is C18H17N3O3. The summed E-state index contributed by atoms with van der Waals surface area (Å²) >= 11 is 0. The molecule has 2 aromatic carbocycles. The SMILES string of the molecule is COc1cc2ncc(C(N)=O)c(Nc3ccccc3)c2cc1OC. The Bertz CT molecular complexity index is 895. The minimum Gasteiger partial charge on any atom is -0.493 e. The van der Waals surface area contributed by atoms with E-state index in [9.17, 15) is 4.79 Å². The van der Waals surface area contributed by atoms with E-state index in [1.165, 1.54) is 6.20 Å². The molecule has 0 aliphatic carbocycles. The number of para-hydroxylation sites is 1. The number of anilines is 2. The van der Waals surface area contributed by atoms with Crippen LogP contribution in [0.1, 0.15) is 10.4 Å². The first-order valence-corrected chi connectivity index (χ1v) is 7.30. The number of nitrogens with zero attached hydrogens (tertiary/aromatic N) is 1. The number of nitrogens with one attached hydrogen (secondary N) is 1. The number of benzene rings is 2. The van der Waals surface area contributed by atoms with Crippen molar-refractivity contribution in [3.05, 3.63) is 54.2 Å². The second kappa shape index (κ2) is 6.45. The predicted octanol–water partition coefficient (Wildman–Crippen LogP) is 3.09. The number of carbonyl (C=O) groups excluding carboxylic acids is 1. The van der Waals surface area contributed by atoms with E-state index in [0.717, 1.165) is 5.69 Å². The van der Waals surface area contributed by atoms with Gasteiger partial charge in [0.1, 0.15) is 0 Å². The van der Waals surface area contributed by atoms with Gasteiger partial charge in [-0.05, 0) is 18.2 Å². The van der Waals surface area contributed by atoms with Crippen molar-refractivity contribution in [1.82, 2.24) is 4.98 Å². The highest BCUT2D eigenvalue weighted by molar-refractivity contribution is 6.08. The normalized spacial score (nSPS) is 10.4. The van der Waals surface area contributed by atoms with E-state index in [-0.39, 0.29) is 0 Å². The summed E-state index contributed by atoms with van der Waals surface area (Å²) in [7, 11) is 3.12. The molecule has 0 atom stereocenters. The van der Waals surface area contributed by atoms with Crippen molar-refractivity contribution in [2.45, 2.75) is 0 Å². The third-order valence-electron chi connectivity index (χ3n) is 3.68. The maximum Gasteiger partial charge on any atom is 0.252 e. The van der Waals surface area contributed by atoms with Gasteiger partial charge in [0.25, 0.3) is 5.91 Å². The van der Waals surface area contributed by atoms with Gasteiger partial charge >= 0.3 is 0 Å². The second-order valence-electron chi connectivity index (χ2n) is 5.13. The fourth-order valence-corrected chi connectivity index (χ4v) is 2.51. The highest BCUT2D eigenvalue weighted by atomic mass is 16.5. The van der Waals surface area contributed by atoms with Crippen LogP contribution in [0.2, 0.25) is 0 Å². The number of aromatic nitrogens is 1. The van der Waals surface area contributed by atoms with Gasteiger partial charge in [0.15, 0.2) is 11.5 Å². The smallest absolute Gasteiger partial charge is 0.252 e. The van der Waals surface area contributed by atoms with Crippen molar-refractivity contribution >= 4 is 28.2 Å². The topological polar surface area (TPSA) is 86.5 Å². The lowest BCUT2D eigenvalue weighted by Gasteiger charge is -2.15.